The lowest BCUT2D eigenvalue weighted by Crippen LogP contribution is -2.18. The SMILES string of the molecule is CC(C)/C=N/NC(=O)c1ccc(C(C)(C)C)cc1. The summed E-state index contributed by atoms with van der Waals surface area (Å²) in [5.74, 6) is 0.154. The van der Waals surface area contributed by atoms with Crippen molar-refractivity contribution in [2.75, 3.05) is 0 Å². The third kappa shape index (κ3) is 4.32. The molecule has 1 aromatic rings. The molecule has 0 unspecified atom stereocenters. The smallest absolute Gasteiger partial charge is 0.267 e. The van der Waals surface area contributed by atoms with Crippen molar-refractivity contribution in [1.82, 2.24) is 5.43 Å². The first-order valence-electron chi connectivity index (χ1n) is 6.25. The second kappa shape index (κ2) is 5.80. The van der Waals surface area contributed by atoms with Crippen LogP contribution in [0.4, 0.5) is 0 Å². The van der Waals surface area contributed by atoms with Gasteiger partial charge in [0.1, 0.15) is 0 Å². The van der Waals surface area contributed by atoms with Crippen molar-refractivity contribution in [3.63, 3.8) is 0 Å². The lowest BCUT2D eigenvalue weighted by molar-refractivity contribution is 0.0955. The van der Waals surface area contributed by atoms with E-state index in [4.69, 9.17) is 0 Å². The number of hydrogen-bond donors (Lipinski definition) is 1. The van der Waals surface area contributed by atoms with E-state index in [0.717, 1.165) is 0 Å². The van der Waals surface area contributed by atoms with Crippen molar-refractivity contribution < 1.29 is 4.79 Å². The number of benzene rings is 1. The summed E-state index contributed by atoms with van der Waals surface area (Å²) < 4.78 is 0. The fraction of sp³-hybridized carbons (Fsp3) is 0.467. The minimum Gasteiger partial charge on any atom is -0.267 e. The molecule has 1 amide bonds. The number of hydrogen-bond acceptors (Lipinski definition) is 2. The summed E-state index contributed by atoms with van der Waals surface area (Å²) in [7, 11) is 0. The van der Waals surface area contributed by atoms with Gasteiger partial charge in [-0.2, -0.15) is 5.10 Å². The molecule has 0 aliphatic heterocycles. The third-order valence-electron chi connectivity index (χ3n) is 2.55. The molecule has 1 N–H and O–H groups in total. The van der Waals surface area contributed by atoms with Gasteiger partial charge in [0.2, 0.25) is 0 Å². The van der Waals surface area contributed by atoms with Gasteiger partial charge in [-0.15, -0.1) is 0 Å². The van der Waals surface area contributed by atoms with Gasteiger partial charge in [0.25, 0.3) is 5.91 Å². The Kier molecular flexibility index (Phi) is 4.65. The molecular weight excluding hydrogens is 224 g/mol. The van der Waals surface area contributed by atoms with Crippen molar-refractivity contribution in [3.8, 4) is 0 Å². The number of nitrogens with zero attached hydrogens (tertiary/aromatic N) is 1. The Morgan fingerprint density at radius 3 is 2.22 bits per heavy atom. The average molecular weight is 246 g/mol. The summed E-state index contributed by atoms with van der Waals surface area (Å²) in [5.41, 5.74) is 4.46. The average Bonchev–Trinajstić information content (AvgIpc) is 2.27. The quantitative estimate of drug-likeness (QED) is 0.645. The normalized spacial score (nSPS) is 12.1. The fourth-order valence-electron chi connectivity index (χ4n) is 1.43. The van der Waals surface area contributed by atoms with E-state index in [2.05, 4.69) is 31.3 Å². The van der Waals surface area contributed by atoms with Crippen LogP contribution in [0.2, 0.25) is 0 Å². The molecule has 0 aliphatic rings. The molecule has 1 rings (SSSR count). The van der Waals surface area contributed by atoms with Crippen molar-refractivity contribution in [2.24, 2.45) is 11.0 Å². The molecule has 3 nitrogen and oxygen atoms in total. The van der Waals surface area contributed by atoms with Crippen LogP contribution in [0.5, 0.6) is 0 Å². The summed E-state index contributed by atoms with van der Waals surface area (Å²) in [6.07, 6.45) is 1.71. The molecule has 1 aromatic carbocycles. The van der Waals surface area contributed by atoms with Crippen LogP contribution in [0.15, 0.2) is 29.4 Å². The van der Waals surface area contributed by atoms with Crippen LogP contribution in [0.1, 0.15) is 50.5 Å². The zero-order chi connectivity index (χ0) is 13.8. The molecule has 0 saturated carbocycles. The molecule has 0 atom stereocenters. The number of nitrogens with one attached hydrogen (secondary N) is 1. The van der Waals surface area contributed by atoms with E-state index in [1.165, 1.54) is 5.56 Å². The summed E-state index contributed by atoms with van der Waals surface area (Å²) in [5, 5.41) is 3.89. The number of amides is 1. The minimum atomic E-state index is -0.174. The topological polar surface area (TPSA) is 41.5 Å². The zero-order valence-electron chi connectivity index (χ0n) is 11.8. The Balaban J connectivity index is 2.71. The highest BCUT2D eigenvalue weighted by Gasteiger charge is 2.13. The first kappa shape index (κ1) is 14.4. The molecule has 0 heterocycles. The van der Waals surface area contributed by atoms with Gasteiger partial charge in [-0.1, -0.05) is 46.8 Å². The van der Waals surface area contributed by atoms with Crippen LogP contribution in [0, 0.1) is 5.92 Å². The molecular formula is C15H22N2O. The molecule has 0 spiro atoms. The largest absolute Gasteiger partial charge is 0.271 e. The molecule has 0 bridgehead atoms. The Labute approximate surface area is 109 Å². The predicted octanol–water partition coefficient (Wildman–Crippen LogP) is 3.36. The highest BCUT2D eigenvalue weighted by Crippen LogP contribution is 2.22. The Bertz CT molecular complexity index is 425. The standard InChI is InChI=1S/C15H22N2O/c1-11(2)10-16-17-14(18)12-6-8-13(9-7-12)15(3,4)5/h6-11H,1-5H3,(H,17,18)/b16-10+. The van der Waals surface area contributed by atoms with Gasteiger partial charge in [0.05, 0.1) is 0 Å². The molecule has 0 fully saturated rings. The number of hydrazone groups is 1. The first-order valence-corrected chi connectivity index (χ1v) is 6.25. The van der Waals surface area contributed by atoms with E-state index in [0.29, 0.717) is 11.5 Å². The van der Waals surface area contributed by atoms with Crippen molar-refractivity contribution in [1.29, 1.82) is 0 Å². The van der Waals surface area contributed by atoms with Crippen LogP contribution in [0.25, 0.3) is 0 Å². The molecule has 98 valence electrons. The van der Waals surface area contributed by atoms with Crippen molar-refractivity contribution in [3.05, 3.63) is 35.4 Å². The van der Waals surface area contributed by atoms with E-state index >= 15 is 0 Å². The molecule has 0 aromatic heterocycles. The van der Waals surface area contributed by atoms with Gasteiger partial charge in [0, 0.05) is 11.8 Å². The monoisotopic (exact) mass is 246 g/mol. The summed E-state index contributed by atoms with van der Waals surface area (Å²) in [6.45, 7) is 10.5. The lowest BCUT2D eigenvalue weighted by Gasteiger charge is -2.18. The number of carbonyl (C=O) groups excluding carboxylic acids is 1. The maximum Gasteiger partial charge on any atom is 0.271 e. The van der Waals surface area contributed by atoms with Crippen LogP contribution < -0.4 is 5.43 Å². The van der Waals surface area contributed by atoms with Crippen LogP contribution >= 0.6 is 0 Å². The van der Waals surface area contributed by atoms with E-state index in [9.17, 15) is 4.79 Å². The third-order valence-corrected chi connectivity index (χ3v) is 2.55. The van der Waals surface area contributed by atoms with Gasteiger partial charge in [-0.05, 0) is 29.0 Å². The minimum absolute atomic E-state index is 0.102. The summed E-state index contributed by atoms with van der Waals surface area (Å²) >= 11 is 0. The Morgan fingerprint density at radius 2 is 1.78 bits per heavy atom. The number of carbonyl (C=O) groups is 1. The predicted molar refractivity (Wildman–Crippen MR) is 75.9 cm³/mol. The van der Waals surface area contributed by atoms with Gasteiger partial charge in [0.15, 0.2) is 0 Å². The maximum atomic E-state index is 11.8. The van der Waals surface area contributed by atoms with E-state index in [1.807, 2.05) is 38.1 Å². The summed E-state index contributed by atoms with van der Waals surface area (Å²) in [4.78, 5) is 11.8. The van der Waals surface area contributed by atoms with Gasteiger partial charge >= 0.3 is 0 Å². The molecule has 0 radical (unpaired) electrons. The summed E-state index contributed by atoms with van der Waals surface area (Å²) in [6, 6.07) is 7.64. The van der Waals surface area contributed by atoms with Crippen LogP contribution in [-0.2, 0) is 5.41 Å². The van der Waals surface area contributed by atoms with Crippen molar-refractivity contribution in [2.45, 2.75) is 40.0 Å². The number of rotatable bonds is 3. The van der Waals surface area contributed by atoms with E-state index in [-0.39, 0.29) is 11.3 Å². The molecule has 18 heavy (non-hydrogen) atoms. The van der Waals surface area contributed by atoms with Crippen molar-refractivity contribution >= 4 is 12.1 Å². The van der Waals surface area contributed by atoms with Gasteiger partial charge in [-0.25, -0.2) is 5.43 Å². The maximum absolute atomic E-state index is 11.8. The Morgan fingerprint density at radius 1 is 1.22 bits per heavy atom. The fourth-order valence-corrected chi connectivity index (χ4v) is 1.43. The molecule has 0 saturated heterocycles. The second-order valence-electron chi connectivity index (χ2n) is 5.79. The van der Waals surface area contributed by atoms with Crippen LogP contribution in [-0.4, -0.2) is 12.1 Å². The molecule has 3 heteroatoms. The second-order valence-corrected chi connectivity index (χ2v) is 5.79. The Hall–Kier alpha value is -1.64. The van der Waals surface area contributed by atoms with Gasteiger partial charge in [-0.3, -0.25) is 4.79 Å². The van der Waals surface area contributed by atoms with Crippen LogP contribution in [0.3, 0.4) is 0 Å². The highest BCUT2D eigenvalue weighted by molar-refractivity contribution is 5.94. The zero-order valence-corrected chi connectivity index (χ0v) is 11.8. The lowest BCUT2D eigenvalue weighted by atomic mass is 9.87. The highest BCUT2D eigenvalue weighted by atomic mass is 16.2. The van der Waals surface area contributed by atoms with Gasteiger partial charge < -0.3 is 0 Å². The molecule has 0 aliphatic carbocycles. The van der Waals surface area contributed by atoms with E-state index < -0.39 is 0 Å². The first-order chi connectivity index (χ1) is 8.30. The van der Waals surface area contributed by atoms with E-state index in [1.54, 1.807) is 6.21 Å².